The topological polar surface area (TPSA) is 111 Å². The summed E-state index contributed by atoms with van der Waals surface area (Å²) >= 11 is 1.12. The van der Waals surface area contributed by atoms with Crippen LogP contribution in [0.25, 0.3) is 0 Å². The first kappa shape index (κ1) is 26.8. The third-order valence-corrected chi connectivity index (χ3v) is 7.00. The van der Waals surface area contributed by atoms with Gasteiger partial charge in [-0.15, -0.1) is 0 Å². The van der Waals surface area contributed by atoms with Gasteiger partial charge in [0, 0.05) is 22.3 Å². The molecule has 3 rings (SSSR count). The standard InChI is InChI=1S/C23H29F2N3O6S/c1-20(2,3)33-18(29)27(19(30)34-21(4,5)6)17-26-23(8,15-11-22(15,7)35-17)13-9-12(28(31)32)10-14(24)16(13)25/h9-10,15H,11H2,1-8H3/t15-,22+,23-/m1/s1. The van der Waals surface area contributed by atoms with Crippen molar-refractivity contribution in [2.45, 2.75) is 83.3 Å². The van der Waals surface area contributed by atoms with Crippen LogP contribution in [0.1, 0.15) is 67.4 Å². The van der Waals surface area contributed by atoms with Crippen molar-refractivity contribution in [2.24, 2.45) is 10.9 Å². The van der Waals surface area contributed by atoms with E-state index >= 15 is 4.39 Å². The zero-order valence-electron chi connectivity index (χ0n) is 20.9. The van der Waals surface area contributed by atoms with E-state index in [4.69, 9.17) is 9.47 Å². The van der Waals surface area contributed by atoms with Crippen molar-refractivity contribution < 1.29 is 32.8 Å². The first-order chi connectivity index (χ1) is 15.8. The summed E-state index contributed by atoms with van der Waals surface area (Å²) in [6.45, 7) is 13.1. The average molecular weight is 514 g/mol. The molecule has 0 bridgehead atoms. The summed E-state index contributed by atoms with van der Waals surface area (Å²) in [5.41, 5.74) is -4.38. The van der Waals surface area contributed by atoms with E-state index in [1.165, 1.54) is 6.92 Å². The number of carbonyl (C=O) groups excluding carboxylic acids is 2. The van der Waals surface area contributed by atoms with Gasteiger partial charge in [0.15, 0.2) is 16.8 Å². The number of nitro groups is 1. The fraction of sp³-hybridized carbons (Fsp3) is 0.609. The fourth-order valence-corrected chi connectivity index (χ4v) is 5.51. The van der Waals surface area contributed by atoms with Crippen LogP contribution < -0.4 is 0 Å². The Morgan fingerprint density at radius 3 is 2.09 bits per heavy atom. The monoisotopic (exact) mass is 513 g/mol. The highest BCUT2D eigenvalue weighted by atomic mass is 32.2. The van der Waals surface area contributed by atoms with Gasteiger partial charge < -0.3 is 9.47 Å². The number of benzene rings is 1. The van der Waals surface area contributed by atoms with Crippen molar-refractivity contribution >= 4 is 34.8 Å². The molecule has 9 nitrogen and oxygen atoms in total. The number of fused-ring (bicyclic) bond motifs is 1. The average Bonchev–Trinajstić information content (AvgIpc) is 3.33. The Labute approximate surface area is 206 Å². The van der Waals surface area contributed by atoms with Crippen molar-refractivity contribution in [3.05, 3.63) is 39.4 Å². The van der Waals surface area contributed by atoms with Gasteiger partial charge in [-0.3, -0.25) is 10.1 Å². The molecule has 0 saturated heterocycles. The molecule has 0 spiro atoms. The molecule has 1 fully saturated rings. The number of nitro benzene ring substituents is 1. The van der Waals surface area contributed by atoms with Crippen molar-refractivity contribution in [1.82, 2.24) is 4.90 Å². The van der Waals surface area contributed by atoms with E-state index in [-0.39, 0.29) is 16.6 Å². The molecule has 1 saturated carbocycles. The summed E-state index contributed by atoms with van der Waals surface area (Å²) in [4.78, 5) is 41.9. The van der Waals surface area contributed by atoms with E-state index in [0.717, 1.165) is 17.8 Å². The molecule has 12 heteroatoms. The number of amidine groups is 1. The number of amides is 2. The van der Waals surface area contributed by atoms with Crippen LogP contribution in [0.3, 0.4) is 0 Å². The molecule has 0 radical (unpaired) electrons. The molecule has 1 aromatic rings. The molecule has 1 aliphatic carbocycles. The van der Waals surface area contributed by atoms with Gasteiger partial charge in [-0.1, -0.05) is 11.8 Å². The van der Waals surface area contributed by atoms with Gasteiger partial charge in [-0.05, 0) is 61.8 Å². The van der Waals surface area contributed by atoms with Gasteiger partial charge in [-0.2, -0.15) is 4.90 Å². The van der Waals surface area contributed by atoms with Crippen LogP contribution in [-0.2, 0) is 15.0 Å². The Hall–Kier alpha value is -2.76. The van der Waals surface area contributed by atoms with Crippen LogP contribution in [0.5, 0.6) is 0 Å². The number of rotatable bonds is 2. The second-order valence-electron chi connectivity index (χ2n) is 11.1. The lowest BCUT2D eigenvalue weighted by Gasteiger charge is -2.36. The lowest BCUT2D eigenvalue weighted by atomic mass is 9.85. The zero-order chi connectivity index (χ0) is 26.7. The molecule has 0 unspecified atom stereocenters. The quantitative estimate of drug-likeness (QED) is 0.345. The minimum Gasteiger partial charge on any atom is -0.443 e. The highest BCUT2D eigenvalue weighted by molar-refractivity contribution is 8.15. The van der Waals surface area contributed by atoms with E-state index in [9.17, 15) is 24.1 Å². The molecule has 2 amide bonds. The highest BCUT2D eigenvalue weighted by Gasteiger charge is 2.65. The Kier molecular flexibility index (Phi) is 6.46. The van der Waals surface area contributed by atoms with E-state index in [0.29, 0.717) is 17.4 Å². The number of hydrogen-bond donors (Lipinski definition) is 0. The van der Waals surface area contributed by atoms with Gasteiger partial charge in [-0.25, -0.2) is 23.4 Å². The first-order valence-corrected chi connectivity index (χ1v) is 11.8. The highest BCUT2D eigenvalue weighted by Crippen LogP contribution is 2.66. The molecule has 1 aromatic carbocycles. The maximum absolute atomic E-state index is 15.0. The lowest BCUT2D eigenvalue weighted by molar-refractivity contribution is -0.385. The van der Waals surface area contributed by atoms with Gasteiger partial charge in [0.1, 0.15) is 11.2 Å². The SMILES string of the molecule is CC(C)(C)OC(=O)N(C(=O)OC(C)(C)C)C1=N[C@](C)(c2cc([N+](=O)[O-])cc(F)c2F)[C@@H]2C[C@]2(C)S1. The van der Waals surface area contributed by atoms with Crippen molar-refractivity contribution in [2.75, 3.05) is 0 Å². The van der Waals surface area contributed by atoms with Crippen molar-refractivity contribution in [3.63, 3.8) is 0 Å². The summed E-state index contributed by atoms with van der Waals surface area (Å²) < 4.78 is 39.6. The first-order valence-electron chi connectivity index (χ1n) is 11.0. The van der Waals surface area contributed by atoms with Gasteiger partial charge in [0.2, 0.25) is 0 Å². The molecule has 1 aliphatic heterocycles. The maximum Gasteiger partial charge on any atom is 0.426 e. The number of nitrogens with zero attached hydrogens (tertiary/aromatic N) is 3. The number of thioether (sulfide) groups is 1. The molecular formula is C23H29F2N3O6S. The molecule has 0 aromatic heterocycles. The normalized spacial score (nSPS) is 25.8. The van der Waals surface area contributed by atoms with Gasteiger partial charge >= 0.3 is 12.2 Å². The Balaban J connectivity index is 2.18. The Bertz CT molecular complexity index is 1100. The fourth-order valence-electron chi connectivity index (χ4n) is 4.00. The molecule has 35 heavy (non-hydrogen) atoms. The number of halogens is 2. The second kappa shape index (κ2) is 8.42. The molecule has 1 heterocycles. The van der Waals surface area contributed by atoms with Gasteiger partial charge in [0.05, 0.1) is 16.5 Å². The summed E-state index contributed by atoms with van der Waals surface area (Å²) in [6.07, 6.45) is -1.61. The van der Waals surface area contributed by atoms with Crippen molar-refractivity contribution in [3.8, 4) is 0 Å². The van der Waals surface area contributed by atoms with E-state index < -0.39 is 55.9 Å². The van der Waals surface area contributed by atoms with Crippen LogP contribution in [0.2, 0.25) is 0 Å². The molecule has 3 atom stereocenters. The number of aliphatic imine (C=N–C) groups is 1. The van der Waals surface area contributed by atoms with Crippen molar-refractivity contribution in [1.29, 1.82) is 0 Å². The molecular weight excluding hydrogens is 484 g/mol. The smallest absolute Gasteiger partial charge is 0.426 e. The predicted octanol–water partition coefficient (Wildman–Crippen LogP) is 6.14. The van der Waals surface area contributed by atoms with E-state index in [2.05, 4.69) is 4.99 Å². The predicted molar refractivity (Wildman–Crippen MR) is 126 cm³/mol. The van der Waals surface area contributed by atoms with Crippen LogP contribution in [0.15, 0.2) is 17.1 Å². The Morgan fingerprint density at radius 2 is 1.63 bits per heavy atom. The zero-order valence-corrected chi connectivity index (χ0v) is 21.7. The van der Waals surface area contributed by atoms with E-state index in [1.54, 1.807) is 41.5 Å². The summed E-state index contributed by atoms with van der Waals surface area (Å²) in [5.74, 6) is -2.99. The van der Waals surface area contributed by atoms with E-state index in [1.807, 2.05) is 6.92 Å². The third-order valence-electron chi connectivity index (χ3n) is 5.63. The largest absolute Gasteiger partial charge is 0.443 e. The third kappa shape index (κ3) is 5.41. The summed E-state index contributed by atoms with van der Waals surface area (Å²) in [7, 11) is 0. The number of non-ortho nitro benzene ring substituents is 1. The second-order valence-corrected chi connectivity index (χ2v) is 12.6. The molecule has 192 valence electrons. The number of hydrogen-bond acceptors (Lipinski definition) is 8. The Morgan fingerprint density at radius 1 is 1.11 bits per heavy atom. The van der Waals surface area contributed by atoms with Crippen LogP contribution >= 0.6 is 11.8 Å². The maximum atomic E-state index is 15.0. The summed E-state index contributed by atoms with van der Waals surface area (Å²) in [6, 6.07) is 1.45. The molecule has 2 aliphatic rings. The minimum absolute atomic E-state index is 0.126. The van der Waals surface area contributed by atoms with Crippen LogP contribution in [-0.4, -0.2) is 43.1 Å². The number of carbonyl (C=O) groups is 2. The van der Waals surface area contributed by atoms with Gasteiger partial charge in [0.25, 0.3) is 5.69 Å². The lowest BCUT2D eigenvalue weighted by Crippen LogP contribution is -2.48. The molecule has 0 N–H and O–H groups in total. The minimum atomic E-state index is -1.51. The number of ether oxygens (including phenoxy) is 2. The van der Waals surface area contributed by atoms with Crippen LogP contribution in [0.4, 0.5) is 24.1 Å². The number of imide groups is 1. The summed E-state index contributed by atoms with van der Waals surface area (Å²) in [5, 5.41) is 11.2. The van der Waals surface area contributed by atoms with Crippen LogP contribution in [0, 0.1) is 27.7 Å².